The van der Waals surface area contributed by atoms with Gasteiger partial charge in [-0.2, -0.15) is 0 Å². The number of aryl methyl sites for hydroxylation is 1. The van der Waals surface area contributed by atoms with Gasteiger partial charge < -0.3 is 21.1 Å². The number of ether oxygens (including phenoxy) is 1. The van der Waals surface area contributed by atoms with Crippen LogP contribution in [0.4, 0.5) is 10.5 Å². The first-order valence-corrected chi connectivity index (χ1v) is 9.25. The summed E-state index contributed by atoms with van der Waals surface area (Å²) >= 11 is 0. The second kappa shape index (κ2) is 9.41. The topological polar surface area (TPSA) is 93.5 Å². The standard InChI is InChI=1S/C23H23N3O3/c1-16-8-5-6-13-20(16)25-22(27)15-21(26-23(24)28)17-9-7-12-19(14-17)29-18-10-3-2-4-11-18/h2-14,21H,15H2,1H3,(H,25,27)(H3,24,26,28). The van der Waals surface area contributed by atoms with Crippen molar-refractivity contribution in [2.24, 2.45) is 5.73 Å². The third-order valence-corrected chi connectivity index (χ3v) is 4.36. The minimum atomic E-state index is -0.701. The molecule has 0 aromatic heterocycles. The molecule has 3 rings (SSSR count). The summed E-state index contributed by atoms with van der Waals surface area (Å²) in [6.07, 6.45) is 0.0338. The molecule has 148 valence electrons. The van der Waals surface area contributed by atoms with E-state index in [9.17, 15) is 9.59 Å². The Morgan fingerprint density at radius 2 is 1.62 bits per heavy atom. The molecule has 3 aromatic carbocycles. The Labute approximate surface area is 169 Å². The Hall–Kier alpha value is -3.80. The maximum Gasteiger partial charge on any atom is 0.312 e. The van der Waals surface area contributed by atoms with Gasteiger partial charge in [-0.25, -0.2) is 4.79 Å². The third kappa shape index (κ3) is 5.84. The lowest BCUT2D eigenvalue weighted by molar-refractivity contribution is -0.116. The molecule has 0 saturated carbocycles. The summed E-state index contributed by atoms with van der Waals surface area (Å²) < 4.78 is 5.85. The molecule has 0 aliphatic rings. The first-order chi connectivity index (χ1) is 14.0. The van der Waals surface area contributed by atoms with Crippen LogP contribution >= 0.6 is 0 Å². The molecular weight excluding hydrogens is 366 g/mol. The van der Waals surface area contributed by atoms with Gasteiger partial charge in [0.1, 0.15) is 11.5 Å². The summed E-state index contributed by atoms with van der Waals surface area (Å²) in [6, 6.07) is 22.8. The van der Waals surface area contributed by atoms with Crippen LogP contribution in [0.25, 0.3) is 0 Å². The number of amides is 3. The highest BCUT2D eigenvalue weighted by Crippen LogP contribution is 2.26. The predicted octanol–water partition coefficient (Wildman–Crippen LogP) is 4.53. The Bertz CT molecular complexity index is 989. The summed E-state index contributed by atoms with van der Waals surface area (Å²) in [7, 11) is 0. The van der Waals surface area contributed by atoms with Crippen molar-refractivity contribution in [1.29, 1.82) is 0 Å². The summed E-state index contributed by atoms with van der Waals surface area (Å²) in [6.45, 7) is 1.92. The molecule has 0 aliphatic heterocycles. The van der Waals surface area contributed by atoms with Crippen LogP contribution in [0.1, 0.15) is 23.6 Å². The number of nitrogens with two attached hydrogens (primary N) is 1. The number of hydrogen-bond donors (Lipinski definition) is 3. The lowest BCUT2D eigenvalue weighted by Crippen LogP contribution is -2.35. The van der Waals surface area contributed by atoms with Crippen LogP contribution in [0.2, 0.25) is 0 Å². The van der Waals surface area contributed by atoms with Crippen molar-refractivity contribution in [2.75, 3.05) is 5.32 Å². The SMILES string of the molecule is Cc1ccccc1NC(=O)CC(NC(N)=O)c1cccc(Oc2ccccc2)c1. The number of rotatable bonds is 7. The first kappa shape index (κ1) is 19.9. The van der Waals surface area contributed by atoms with Gasteiger partial charge in [0, 0.05) is 5.69 Å². The predicted molar refractivity (Wildman–Crippen MR) is 113 cm³/mol. The van der Waals surface area contributed by atoms with Gasteiger partial charge in [-0.3, -0.25) is 4.79 Å². The number of nitrogens with one attached hydrogen (secondary N) is 2. The minimum Gasteiger partial charge on any atom is -0.457 e. The Balaban J connectivity index is 1.76. The number of carbonyl (C=O) groups excluding carboxylic acids is 2. The van der Waals surface area contributed by atoms with Gasteiger partial charge in [0.2, 0.25) is 5.91 Å². The second-order valence-corrected chi connectivity index (χ2v) is 6.62. The molecule has 0 aliphatic carbocycles. The van der Waals surface area contributed by atoms with Crippen LogP contribution in [0.15, 0.2) is 78.9 Å². The maximum atomic E-state index is 12.6. The zero-order valence-corrected chi connectivity index (χ0v) is 16.1. The van der Waals surface area contributed by atoms with E-state index >= 15 is 0 Å². The molecule has 6 heteroatoms. The highest BCUT2D eigenvalue weighted by Gasteiger charge is 2.19. The van der Waals surface area contributed by atoms with E-state index in [1.165, 1.54) is 0 Å². The number of benzene rings is 3. The Kier molecular flexibility index (Phi) is 6.47. The third-order valence-electron chi connectivity index (χ3n) is 4.36. The smallest absolute Gasteiger partial charge is 0.312 e. The molecule has 0 heterocycles. The molecule has 3 aromatic rings. The average Bonchev–Trinajstić information content (AvgIpc) is 2.70. The normalized spacial score (nSPS) is 11.3. The molecule has 0 spiro atoms. The summed E-state index contributed by atoms with van der Waals surface area (Å²) in [5.74, 6) is 1.07. The average molecular weight is 389 g/mol. The highest BCUT2D eigenvalue weighted by molar-refractivity contribution is 5.92. The van der Waals surface area contributed by atoms with E-state index in [1.807, 2.05) is 79.7 Å². The monoisotopic (exact) mass is 389 g/mol. The van der Waals surface area contributed by atoms with Crippen molar-refractivity contribution in [3.8, 4) is 11.5 Å². The van der Waals surface area contributed by atoms with E-state index in [1.54, 1.807) is 6.07 Å². The zero-order valence-electron chi connectivity index (χ0n) is 16.1. The van der Waals surface area contributed by atoms with Crippen LogP contribution in [0.3, 0.4) is 0 Å². The van der Waals surface area contributed by atoms with E-state index in [-0.39, 0.29) is 12.3 Å². The Morgan fingerprint density at radius 1 is 0.931 bits per heavy atom. The van der Waals surface area contributed by atoms with E-state index in [4.69, 9.17) is 10.5 Å². The van der Waals surface area contributed by atoms with Crippen molar-refractivity contribution in [3.05, 3.63) is 90.0 Å². The van der Waals surface area contributed by atoms with E-state index in [2.05, 4.69) is 10.6 Å². The van der Waals surface area contributed by atoms with E-state index in [0.717, 1.165) is 16.8 Å². The molecule has 6 nitrogen and oxygen atoms in total. The van der Waals surface area contributed by atoms with Gasteiger partial charge in [-0.15, -0.1) is 0 Å². The van der Waals surface area contributed by atoms with Crippen molar-refractivity contribution in [3.63, 3.8) is 0 Å². The van der Waals surface area contributed by atoms with Crippen molar-refractivity contribution in [1.82, 2.24) is 5.32 Å². The van der Waals surface area contributed by atoms with Gasteiger partial charge in [-0.1, -0.05) is 48.5 Å². The molecule has 1 unspecified atom stereocenters. The van der Waals surface area contributed by atoms with Gasteiger partial charge in [-0.05, 0) is 48.4 Å². The second-order valence-electron chi connectivity index (χ2n) is 6.62. The van der Waals surface area contributed by atoms with Gasteiger partial charge in [0.25, 0.3) is 0 Å². The molecular formula is C23H23N3O3. The highest BCUT2D eigenvalue weighted by atomic mass is 16.5. The van der Waals surface area contributed by atoms with E-state index in [0.29, 0.717) is 11.5 Å². The number of primary amides is 1. The zero-order chi connectivity index (χ0) is 20.6. The number of anilines is 1. The number of hydrogen-bond acceptors (Lipinski definition) is 3. The Morgan fingerprint density at radius 3 is 2.34 bits per heavy atom. The molecule has 3 amide bonds. The van der Waals surface area contributed by atoms with E-state index < -0.39 is 12.1 Å². The molecule has 1 atom stereocenters. The van der Waals surface area contributed by atoms with Crippen LogP contribution < -0.4 is 21.1 Å². The number of carbonyl (C=O) groups is 2. The van der Waals surface area contributed by atoms with Crippen molar-refractivity contribution < 1.29 is 14.3 Å². The van der Waals surface area contributed by atoms with Crippen molar-refractivity contribution in [2.45, 2.75) is 19.4 Å². The molecule has 4 N–H and O–H groups in total. The first-order valence-electron chi connectivity index (χ1n) is 9.25. The van der Waals surface area contributed by atoms with Crippen LogP contribution in [0, 0.1) is 6.92 Å². The molecule has 0 fully saturated rings. The summed E-state index contributed by atoms with van der Waals surface area (Å²) in [4.78, 5) is 24.1. The van der Waals surface area contributed by atoms with Crippen LogP contribution in [0.5, 0.6) is 11.5 Å². The number of para-hydroxylation sites is 2. The van der Waals surface area contributed by atoms with Crippen molar-refractivity contribution >= 4 is 17.6 Å². The lowest BCUT2D eigenvalue weighted by Gasteiger charge is -2.19. The van der Waals surface area contributed by atoms with Gasteiger partial charge >= 0.3 is 6.03 Å². The fourth-order valence-corrected chi connectivity index (χ4v) is 2.94. The lowest BCUT2D eigenvalue weighted by atomic mass is 10.0. The molecule has 0 radical (unpaired) electrons. The van der Waals surface area contributed by atoms with Crippen LogP contribution in [-0.4, -0.2) is 11.9 Å². The van der Waals surface area contributed by atoms with Gasteiger partial charge in [0.05, 0.1) is 12.5 Å². The summed E-state index contributed by atoms with van der Waals surface area (Å²) in [5, 5.41) is 5.52. The maximum absolute atomic E-state index is 12.6. The van der Waals surface area contributed by atoms with Crippen LogP contribution in [-0.2, 0) is 4.79 Å². The summed E-state index contributed by atoms with van der Waals surface area (Å²) in [5.41, 5.74) is 7.74. The molecule has 0 saturated heterocycles. The molecule has 0 bridgehead atoms. The quantitative estimate of drug-likeness (QED) is 0.554. The fraction of sp³-hybridized carbons (Fsp3) is 0.130. The largest absolute Gasteiger partial charge is 0.457 e. The minimum absolute atomic E-state index is 0.0338. The number of urea groups is 1. The fourth-order valence-electron chi connectivity index (χ4n) is 2.94. The van der Waals surface area contributed by atoms with Gasteiger partial charge in [0.15, 0.2) is 0 Å². The molecule has 29 heavy (non-hydrogen) atoms.